The van der Waals surface area contributed by atoms with Crippen molar-refractivity contribution in [3.8, 4) is 0 Å². The highest BCUT2D eigenvalue weighted by Gasteiger charge is 2.32. The molecule has 2 aliphatic heterocycles. The van der Waals surface area contributed by atoms with Crippen molar-refractivity contribution in [3.05, 3.63) is 40.3 Å². The van der Waals surface area contributed by atoms with E-state index in [0.717, 1.165) is 31.7 Å². The minimum Gasteiger partial charge on any atom is -0.334 e. The van der Waals surface area contributed by atoms with Gasteiger partial charge in [0.25, 0.3) is 5.91 Å². The van der Waals surface area contributed by atoms with Crippen LogP contribution in [-0.4, -0.2) is 65.7 Å². The summed E-state index contributed by atoms with van der Waals surface area (Å²) in [6.45, 7) is 5.92. The third kappa shape index (κ3) is 4.52. The number of hydrogen-bond acceptors (Lipinski definition) is 4. The van der Waals surface area contributed by atoms with Gasteiger partial charge in [-0.2, -0.15) is 0 Å². The average Bonchev–Trinajstić information content (AvgIpc) is 2.89. The fourth-order valence-corrected chi connectivity index (χ4v) is 4.32. The van der Waals surface area contributed by atoms with Crippen molar-refractivity contribution in [1.29, 1.82) is 0 Å². The predicted octanol–water partition coefficient (Wildman–Crippen LogP) is 0.943. The van der Waals surface area contributed by atoms with Crippen LogP contribution in [-0.2, 0) is 9.59 Å². The van der Waals surface area contributed by atoms with E-state index in [1.807, 2.05) is 42.2 Å². The SMILES string of the molecule is Cc1ccc(/C=C2/SC(=S)N(CCC(=O)N3CC[NH+](C)CC3)C2=O)cc1. The maximum absolute atomic E-state index is 12.6. The van der Waals surface area contributed by atoms with Gasteiger partial charge in [0.15, 0.2) is 0 Å². The molecule has 0 aromatic heterocycles. The second kappa shape index (κ2) is 8.33. The summed E-state index contributed by atoms with van der Waals surface area (Å²) in [5.41, 5.74) is 2.16. The van der Waals surface area contributed by atoms with Gasteiger partial charge in [-0.1, -0.05) is 53.8 Å². The number of thiocarbonyl (C=S) groups is 1. The number of benzene rings is 1. The van der Waals surface area contributed by atoms with Crippen LogP contribution in [0, 0.1) is 6.92 Å². The first-order valence-electron chi connectivity index (χ1n) is 8.85. The van der Waals surface area contributed by atoms with Crippen LogP contribution in [0.1, 0.15) is 17.5 Å². The molecule has 2 amide bonds. The van der Waals surface area contributed by atoms with Crippen LogP contribution in [0.3, 0.4) is 0 Å². The number of nitrogens with zero attached hydrogens (tertiary/aromatic N) is 2. The molecule has 2 aliphatic rings. The smallest absolute Gasteiger partial charge is 0.266 e. The van der Waals surface area contributed by atoms with E-state index < -0.39 is 0 Å². The number of carbonyl (C=O) groups is 2. The zero-order valence-electron chi connectivity index (χ0n) is 15.2. The van der Waals surface area contributed by atoms with Crippen LogP contribution in [0.5, 0.6) is 0 Å². The van der Waals surface area contributed by atoms with Crippen molar-refractivity contribution in [1.82, 2.24) is 9.80 Å². The number of rotatable bonds is 4. The molecular formula is C19H24N3O2S2+. The lowest BCUT2D eigenvalue weighted by Gasteiger charge is -2.30. The molecule has 138 valence electrons. The summed E-state index contributed by atoms with van der Waals surface area (Å²) >= 11 is 6.66. The highest BCUT2D eigenvalue weighted by molar-refractivity contribution is 8.26. The molecule has 1 aromatic carbocycles. The highest BCUT2D eigenvalue weighted by Crippen LogP contribution is 2.32. The predicted molar refractivity (Wildman–Crippen MR) is 109 cm³/mol. The van der Waals surface area contributed by atoms with E-state index in [1.165, 1.54) is 22.2 Å². The molecule has 0 atom stereocenters. The number of thioether (sulfide) groups is 1. The zero-order valence-corrected chi connectivity index (χ0v) is 16.8. The first-order valence-corrected chi connectivity index (χ1v) is 10.1. The lowest BCUT2D eigenvalue weighted by molar-refractivity contribution is -0.883. The molecule has 0 radical (unpaired) electrons. The molecule has 26 heavy (non-hydrogen) atoms. The molecule has 5 nitrogen and oxygen atoms in total. The Bertz CT molecular complexity index is 738. The first-order chi connectivity index (χ1) is 12.4. The number of quaternary nitrogens is 1. The standard InChI is InChI=1S/C19H23N3O2S2/c1-14-3-5-15(6-4-14)13-16-18(24)22(19(25)26-16)8-7-17(23)21-11-9-20(2)10-12-21/h3-6,13H,7-12H2,1-2H3/p+1/b16-13+. The summed E-state index contributed by atoms with van der Waals surface area (Å²) in [6.07, 6.45) is 2.19. The van der Waals surface area contributed by atoms with E-state index in [4.69, 9.17) is 12.2 Å². The van der Waals surface area contributed by atoms with Crippen molar-refractivity contribution in [2.75, 3.05) is 39.8 Å². The van der Waals surface area contributed by atoms with Crippen molar-refractivity contribution in [3.63, 3.8) is 0 Å². The van der Waals surface area contributed by atoms with Crippen molar-refractivity contribution < 1.29 is 14.5 Å². The Labute approximate surface area is 164 Å². The number of carbonyl (C=O) groups excluding carboxylic acids is 2. The molecule has 3 rings (SSSR count). The maximum atomic E-state index is 12.6. The number of amides is 2. The van der Waals surface area contributed by atoms with Crippen LogP contribution in [0.4, 0.5) is 0 Å². The van der Waals surface area contributed by atoms with E-state index in [1.54, 1.807) is 4.90 Å². The van der Waals surface area contributed by atoms with Crippen LogP contribution < -0.4 is 4.90 Å². The lowest BCUT2D eigenvalue weighted by atomic mass is 10.1. The normalized spacial score (nSPS) is 20.3. The van der Waals surface area contributed by atoms with Gasteiger partial charge in [0.2, 0.25) is 5.91 Å². The molecule has 2 fully saturated rings. The van der Waals surface area contributed by atoms with Crippen LogP contribution in [0.2, 0.25) is 0 Å². The topological polar surface area (TPSA) is 45.1 Å². The average molecular weight is 391 g/mol. The second-order valence-electron chi connectivity index (χ2n) is 6.83. The molecule has 0 saturated carbocycles. The van der Waals surface area contributed by atoms with E-state index in [0.29, 0.717) is 22.2 Å². The number of piperazine rings is 1. The van der Waals surface area contributed by atoms with Crippen molar-refractivity contribution in [2.45, 2.75) is 13.3 Å². The Balaban J connectivity index is 1.59. The molecule has 0 aliphatic carbocycles. The number of nitrogens with one attached hydrogen (secondary N) is 1. The summed E-state index contributed by atoms with van der Waals surface area (Å²) in [7, 11) is 2.14. The van der Waals surface area contributed by atoms with E-state index in [-0.39, 0.29) is 11.8 Å². The Morgan fingerprint density at radius 1 is 1.27 bits per heavy atom. The largest absolute Gasteiger partial charge is 0.334 e. The quantitative estimate of drug-likeness (QED) is 0.614. The Morgan fingerprint density at radius 2 is 1.92 bits per heavy atom. The van der Waals surface area contributed by atoms with Gasteiger partial charge in [-0.15, -0.1) is 0 Å². The molecule has 2 heterocycles. The molecule has 2 saturated heterocycles. The van der Waals surface area contributed by atoms with Crippen molar-refractivity contribution in [2.24, 2.45) is 0 Å². The van der Waals surface area contributed by atoms with Gasteiger partial charge < -0.3 is 9.80 Å². The van der Waals surface area contributed by atoms with Crippen LogP contribution >= 0.6 is 24.0 Å². The number of aryl methyl sites for hydroxylation is 1. The summed E-state index contributed by atoms with van der Waals surface area (Å²) in [4.78, 5) is 30.6. The molecule has 0 unspecified atom stereocenters. The Morgan fingerprint density at radius 3 is 2.58 bits per heavy atom. The fourth-order valence-electron chi connectivity index (χ4n) is 3.01. The Kier molecular flexibility index (Phi) is 6.11. The first kappa shape index (κ1) is 19.1. The van der Waals surface area contributed by atoms with Crippen LogP contribution in [0.25, 0.3) is 6.08 Å². The third-order valence-electron chi connectivity index (χ3n) is 4.77. The van der Waals surface area contributed by atoms with Gasteiger partial charge >= 0.3 is 0 Å². The second-order valence-corrected chi connectivity index (χ2v) is 8.51. The summed E-state index contributed by atoms with van der Waals surface area (Å²) < 4.78 is 0.531. The van der Waals surface area contributed by atoms with Gasteiger partial charge in [-0.25, -0.2) is 0 Å². The summed E-state index contributed by atoms with van der Waals surface area (Å²) in [5, 5.41) is 0. The minimum atomic E-state index is -0.101. The summed E-state index contributed by atoms with van der Waals surface area (Å²) in [5.74, 6) is 0.00487. The van der Waals surface area contributed by atoms with E-state index in [2.05, 4.69) is 7.05 Å². The molecule has 1 aromatic rings. The third-order valence-corrected chi connectivity index (χ3v) is 6.15. The maximum Gasteiger partial charge on any atom is 0.266 e. The van der Waals surface area contributed by atoms with Gasteiger partial charge in [0, 0.05) is 13.0 Å². The number of hydrogen-bond donors (Lipinski definition) is 1. The van der Waals surface area contributed by atoms with Crippen LogP contribution in [0.15, 0.2) is 29.2 Å². The summed E-state index contributed by atoms with van der Waals surface area (Å²) in [6, 6.07) is 8.01. The zero-order chi connectivity index (χ0) is 18.7. The van der Waals surface area contributed by atoms with E-state index in [9.17, 15) is 9.59 Å². The molecular weight excluding hydrogens is 366 g/mol. The monoisotopic (exact) mass is 390 g/mol. The minimum absolute atomic E-state index is 0.101. The van der Waals surface area contributed by atoms with Gasteiger partial charge in [-0.3, -0.25) is 14.5 Å². The van der Waals surface area contributed by atoms with E-state index >= 15 is 0 Å². The fraction of sp³-hybridized carbons (Fsp3) is 0.421. The Hall–Kier alpha value is -1.70. The lowest BCUT2D eigenvalue weighted by Crippen LogP contribution is -3.12. The molecule has 7 heteroatoms. The highest BCUT2D eigenvalue weighted by atomic mass is 32.2. The molecule has 0 spiro atoms. The van der Waals surface area contributed by atoms with Gasteiger partial charge in [-0.05, 0) is 18.6 Å². The number of likely N-dealkylation sites (N-methyl/N-ethyl adjacent to an activating group) is 1. The molecule has 0 bridgehead atoms. The molecule has 1 N–H and O–H groups in total. The van der Waals surface area contributed by atoms with Crippen molar-refractivity contribution >= 4 is 46.2 Å². The van der Waals surface area contributed by atoms with Gasteiger partial charge in [0.05, 0.1) is 38.1 Å². The van der Waals surface area contributed by atoms with Gasteiger partial charge in [0.1, 0.15) is 4.32 Å².